The van der Waals surface area contributed by atoms with Crippen LogP contribution in [0.1, 0.15) is 6.92 Å². The summed E-state index contributed by atoms with van der Waals surface area (Å²) in [7, 11) is 0. The Kier molecular flexibility index (Phi) is 3.77. The van der Waals surface area contributed by atoms with Crippen molar-refractivity contribution in [2.75, 3.05) is 5.32 Å². The second kappa shape index (κ2) is 6.23. The number of hydrogen-bond acceptors (Lipinski definition) is 5. The number of furan rings is 1. The molecule has 0 fully saturated rings. The SMILES string of the molecule is CCn1cc(NC(=O)Cn2cc(-c3cc4ccccc4o3)cn2)nn1. The van der Waals surface area contributed by atoms with Crippen LogP contribution >= 0.6 is 0 Å². The lowest BCUT2D eigenvalue weighted by molar-refractivity contribution is -0.116. The van der Waals surface area contributed by atoms with Crippen molar-refractivity contribution in [1.29, 1.82) is 0 Å². The molecule has 0 aliphatic carbocycles. The molecule has 1 N–H and O–H groups in total. The molecule has 0 atom stereocenters. The van der Waals surface area contributed by atoms with Gasteiger partial charge >= 0.3 is 0 Å². The number of carbonyl (C=O) groups excluding carboxylic acids is 1. The van der Waals surface area contributed by atoms with E-state index in [1.54, 1.807) is 28.0 Å². The lowest BCUT2D eigenvalue weighted by Gasteiger charge is -2.01. The van der Waals surface area contributed by atoms with Crippen LogP contribution in [0, 0.1) is 0 Å². The fourth-order valence-electron chi connectivity index (χ4n) is 2.54. The second-order valence-corrected chi connectivity index (χ2v) is 5.58. The smallest absolute Gasteiger partial charge is 0.247 e. The Morgan fingerprint density at radius 3 is 2.92 bits per heavy atom. The van der Waals surface area contributed by atoms with Crippen molar-refractivity contribution in [1.82, 2.24) is 24.8 Å². The highest BCUT2D eigenvalue weighted by molar-refractivity contribution is 5.89. The van der Waals surface area contributed by atoms with E-state index in [0.29, 0.717) is 12.4 Å². The van der Waals surface area contributed by atoms with E-state index in [4.69, 9.17) is 4.42 Å². The molecule has 1 aromatic carbocycles. The maximum Gasteiger partial charge on any atom is 0.247 e. The third-order valence-electron chi connectivity index (χ3n) is 3.78. The number of nitrogens with one attached hydrogen (secondary N) is 1. The van der Waals surface area contributed by atoms with Gasteiger partial charge in [0.15, 0.2) is 5.82 Å². The van der Waals surface area contributed by atoms with Gasteiger partial charge in [-0.3, -0.25) is 14.2 Å². The van der Waals surface area contributed by atoms with E-state index in [9.17, 15) is 4.79 Å². The summed E-state index contributed by atoms with van der Waals surface area (Å²) in [6, 6.07) is 9.76. The molecule has 3 aromatic heterocycles. The normalized spacial score (nSPS) is 11.1. The molecule has 0 aliphatic heterocycles. The molecule has 4 rings (SSSR count). The highest BCUT2D eigenvalue weighted by atomic mass is 16.3. The van der Waals surface area contributed by atoms with Gasteiger partial charge in [0, 0.05) is 18.1 Å². The molecule has 0 unspecified atom stereocenters. The van der Waals surface area contributed by atoms with Gasteiger partial charge in [-0.2, -0.15) is 5.10 Å². The van der Waals surface area contributed by atoms with Crippen LogP contribution < -0.4 is 5.32 Å². The molecule has 0 radical (unpaired) electrons. The number of rotatable bonds is 5. The zero-order valence-electron chi connectivity index (χ0n) is 13.6. The first-order chi connectivity index (χ1) is 12.2. The maximum absolute atomic E-state index is 12.1. The molecule has 0 aliphatic rings. The van der Waals surface area contributed by atoms with Crippen LogP contribution in [0.2, 0.25) is 0 Å². The Bertz CT molecular complexity index is 996. The van der Waals surface area contributed by atoms with Crippen molar-refractivity contribution in [3.63, 3.8) is 0 Å². The zero-order valence-corrected chi connectivity index (χ0v) is 13.6. The lowest BCUT2D eigenvalue weighted by Crippen LogP contribution is -2.19. The lowest BCUT2D eigenvalue weighted by atomic mass is 10.2. The Morgan fingerprint density at radius 2 is 2.12 bits per heavy atom. The molecule has 8 nitrogen and oxygen atoms in total. The molecule has 0 saturated carbocycles. The third-order valence-corrected chi connectivity index (χ3v) is 3.78. The summed E-state index contributed by atoms with van der Waals surface area (Å²) in [4.78, 5) is 12.1. The van der Waals surface area contributed by atoms with Crippen molar-refractivity contribution < 1.29 is 9.21 Å². The minimum Gasteiger partial charge on any atom is -0.456 e. The maximum atomic E-state index is 12.1. The summed E-state index contributed by atoms with van der Waals surface area (Å²) < 4.78 is 9.01. The van der Waals surface area contributed by atoms with Gasteiger partial charge in [0.1, 0.15) is 17.9 Å². The average Bonchev–Trinajstić information content (AvgIpc) is 3.33. The fraction of sp³-hybridized carbons (Fsp3) is 0.176. The molecule has 4 aromatic rings. The highest BCUT2D eigenvalue weighted by Gasteiger charge is 2.11. The predicted octanol–water partition coefficient (Wildman–Crippen LogP) is 2.55. The summed E-state index contributed by atoms with van der Waals surface area (Å²) in [6.45, 7) is 2.73. The number of carbonyl (C=O) groups is 1. The monoisotopic (exact) mass is 336 g/mol. The molecule has 0 spiro atoms. The van der Waals surface area contributed by atoms with E-state index < -0.39 is 0 Å². The van der Waals surface area contributed by atoms with Crippen LogP contribution in [0.4, 0.5) is 5.82 Å². The van der Waals surface area contributed by atoms with E-state index in [1.807, 2.05) is 37.3 Å². The number of para-hydroxylation sites is 1. The van der Waals surface area contributed by atoms with Crippen LogP contribution in [-0.4, -0.2) is 30.7 Å². The Labute approximate surface area is 143 Å². The van der Waals surface area contributed by atoms with Crippen molar-refractivity contribution >= 4 is 22.7 Å². The van der Waals surface area contributed by atoms with Gasteiger partial charge in [-0.25, -0.2) is 0 Å². The molecule has 0 bridgehead atoms. The Morgan fingerprint density at radius 1 is 1.24 bits per heavy atom. The largest absolute Gasteiger partial charge is 0.456 e. The number of hydrogen-bond donors (Lipinski definition) is 1. The number of nitrogens with zero attached hydrogens (tertiary/aromatic N) is 5. The number of aryl methyl sites for hydroxylation is 1. The fourth-order valence-corrected chi connectivity index (χ4v) is 2.54. The topological polar surface area (TPSA) is 90.8 Å². The van der Waals surface area contributed by atoms with E-state index in [-0.39, 0.29) is 12.5 Å². The van der Waals surface area contributed by atoms with Gasteiger partial charge in [-0.05, 0) is 19.1 Å². The van der Waals surface area contributed by atoms with E-state index in [1.165, 1.54) is 0 Å². The first kappa shape index (κ1) is 15.1. The van der Waals surface area contributed by atoms with Gasteiger partial charge in [-0.15, -0.1) is 5.10 Å². The van der Waals surface area contributed by atoms with Crippen molar-refractivity contribution in [2.24, 2.45) is 0 Å². The van der Waals surface area contributed by atoms with Crippen LogP contribution in [0.15, 0.2) is 53.3 Å². The molecule has 0 saturated heterocycles. The van der Waals surface area contributed by atoms with Gasteiger partial charge in [0.25, 0.3) is 0 Å². The standard InChI is InChI=1S/C17H16N6O2/c1-2-22-10-16(20-21-22)19-17(24)11-23-9-13(8-18-23)15-7-12-5-3-4-6-14(12)25-15/h3-10H,2,11H2,1H3,(H,19,24). The summed E-state index contributed by atoms with van der Waals surface area (Å²) in [5.74, 6) is 0.928. The van der Waals surface area contributed by atoms with Crippen LogP contribution in [-0.2, 0) is 17.9 Å². The van der Waals surface area contributed by atoms with Gasteiger partial charge < -0.3 is 9.73 Å². The molecule has 126 valence electrons. The van der Waals surface area contributed by atoms with Crippen LogP contribution in [0.5, 0.6) is 0 Å². The van der Waals surface area contributed by atoms with Crippen molar-refractivity contribution in [3.8, 4) is 11.3 Å². The zero-order chi connectivity index (χ0) is 17.2. The first-order valence-corrected chi connectivity index (χ1v) is 7.92. The van der Waals surface area contributed by atoms with Crippen molar-refractivity contribution in [3.05, 3.63) is 48.9 Å². The third kappa shape index (κ3) is 3.14. The highest BCUT2D eigenvalue weighted by Crippen LogP contribution is 2.27. The van der Waals surface area contributed by atoms with E-state index in [0.717, 1.165) is 22.3 Å². The van der Waals surface area contributed by atoms with Crippen LogP contribution in [0.3, 0.4) is 0 Å². The Hall–Kier alpha value is -3.42. The average molecular weight is 336 g/mol. The number of anilines is 1. The molecular formula is C17H16N6O2. The van der Waals surface area contributed by atoms with E-state index in [2.05, 4.69) is 20.7 Å². The van der Waals surface area contributed by atoms with E-state index >= 15 is 0 Å². The molecular weight excluding hydrogens is 320 g/mol. The van der Waals surface area contributed by atoms with Gasteiger partial charge in [0.05, 0.1) is 18.0 Å². The summed E-state index contributed by atoms with van der Waals surface area (Å²) >= 11 is 0. The summed E-state index contributed by atoms with van der Waals surface area (Å²) in [6.07, 6.45) is 5.14. The Balaban J connectivity index is 1.46. The van der Waals surface area contributed by atoms with Crippen molar-refractivity contribution in [2.45, 2.75) is 20.0 Å². The molecule has 3 heterocycles. The minimum absolute atomic E-state index is 0.0826. The number of benzene rings is 1. The number of amides is 1. The van der Waals surface area contributed by atoms with Gasteiger partial charge in [-0.1, -0.05) is 23.4 Å². The summed E-state index contributed by atoms with van der Waals surface area (Å²) in [5.41, 5.74) is 1.64. The number of aromatic nitrogens is 5. The first-order valence-electron chi connectivity index (χ1n) is 7.92. The van der Waals surface area contributed by atoms with Crippen LogP contribution in [0.25, 0.3) is 22.3 Å². The molecule has 8 heteroatoms. The predicted molar refractivity (Wildman–Crippen MR) is 91.8 cm³/mol. The quantitative estimate of drug-likeness (QED) is 0.605. The molecule has 25 heavy (non-hydrogen) atoms. The minimum atomic E-state index is -0.220. The summed E-state index contributed by atoms with van der Waals surface area (Å²) in [5, 5.41) is 15.7. The second-order valence-electron chi connectivity index (χ2n) is 5.58. The number of fused-ring (bicyclic) bond motifs is 1. The van der Waals surface area contributed by atoms with Gasteiger partial charge in [0.2, 0.25) is 5.91 Å². The molecule has 1 amide bonds.